The Bertz CT molecular complexity index is 896. The van der Waals surface area contributed by atoms with Crippen LogP contribution in [0.4, 0.5) is 0 Å². The second kappa shape index (κ2) is 10.3. The molecule has 2 aromatic carbocycles. The molecule has 0 radical (unpaired) electrons. The van der Waals surface area contributed by atoms with E-state index in [-0.39, 0.29) is 0 Å². The Kier molecular flexibility index (Phi) is 8.08. The van der Waals surface area contributed by atoms with Crippen LogP contribution in [0.5, 0.6) is 0 Å². The van der Waals surface area contributed by atoms with Gasteiger partial charge in [-0.15, -0.1) is 13.2 Å². The molecule has 0 aliphatic rings. The molecular weight excluding hydrogens is 388 g/mol. The third-order valence-electron chi connectivity index (χ3n) is 5.40. The number of hydrogen-bond donors (Lipinski definition) is 2. The van der Waals surface area contributed by atoms with E-state index < -0.39 is 24.0 Å². The highest BCUT2D eigenvalue weighted by atomic mass is 16.6. The zero-order valence-corrected chi connectivity index (χ0v) is 18.8. The molecule has 0 saturated heterocycles. The summed E-state index contributed by atoms with van der Waals surface area (Å²) in [5, 5.41) is 0. The maximum absolute atomic E-state index is 12.7. The molecule has 2 unspecified atom stereocenters. The highest BCUT2D eigenvalue weighted by molar-refractivity contribution is 5.92. The first-order valence-corrected chi connectivity index (χ1v) is 10.3. The fraction of sp³-hybridized carbons (Fsp3) is 0.308. The predicted molar refractivity (Wildman–Crippen MR) is 125 cm³/mol. The van der Waals surface area contributed by atoms with Gasteiger partial charge in [-0.25, -0.2) is 9.59 Å². The van der Waals surface area contributed by atoms with E-state index in [1.54, 1.807) is 0 Å². The minimum Gasteiger partial charge on any atom is -0.390 e. The van der Waals surface area contributed by atoms with E-state index in [1.807, 2.05) is 64.1 Å². The van der Waals surface area contributed by atoms with E-state index in [0.717, 1.165) is 46.2 Å². The molecule has 0 spiro atoms. The Morgan fingerprint density at radius 3 is 1.32 bits per heavy atom. The van der Waals surface area contributed by atoms with Gasteiger partial charge in [0.05, 0.1) is 0 Å². The van der Waals surface area contributed by atoms with Crippen molar-refractivity contribution in [3.8, 4) is 0 Å². The predicted octanol–water partition coefficient (Wildman–Crippen LogP) is 4.15. The van der Waals surface area contributed by atoms with Crippen molar-refractivity contribution in [3.05, 3.63) is 94.1 Å². The smallest absolute Gasteiger partial charge is 0.335 e. The third-order valence-corrected chi connectivity index (χ3v) is 5.40. The second-order valence-electron chi connectivity index (χ2n) is 7.97. The topological polar surface area (TPSA) is 95.4 Å². The van der Waals surface area contributed by atoms with E-state index in [9.17, 15) is 9.59 Å². The largest absolute Gasteiger partial charge is 0.390 e. The van der Waals surface area contributed by atoms with Crippen molar-refractivity contribution < 1.29 is 14.3 Å². The van der Waals surface area contributed by atoms with Gasteiger partial charge in [-0.1, -0.05) is 36.4 Å². The quantitative estimate of drug-likeness (QED) is 0.380. The molecule has 0 bridgehead atoms. The molecule has 4 N–H and O–H groups in total. The standard InChI is InChI=1S/C26H32N2O3/c1-7-9-19-11-15(3)21(16(4)12-19)23(27)25(29)31-26(30)24(28)22-17(5)13-20(10-8-2)14-18(22)6/h7-8,11-14,23-24H,1-2,9-10,27-28H2,3-6H3. The fourth-order valence-corrected chi connectivity index (χ4v) is 4.14. The van der Waals surface area contributed by atoms with Crippen LogP contribution in [0.1, 0.15) is 56.6 Å². The number of nitrogens with two attached hydrogens (primary N) is 2. The van der Waals surface area contributed by atoms with E-state index in [1.165, 1.54) is 0 Å². The monoisotopic (exact) mass is 420 g/mol. The Balaban J connectivity index is 2.21. The molecule has 0 heterocycles. The van der Waals surface area contributed by atoms with Gasteiger partial charge in [0.2, 0.25) is 0 Å². The zero-order chi connectivity index (χ0) is 23.3. The Morgan fingerprint density at radius 1 is 0.774 bits per heavy atom. The summed E-state index contributed by atoms with van der Waals surface area (Å²) in [6, 6.07) is 5.69. The first-order chi connectivity index (χ1) is 14.6. The first-order valence-electron chi connectivity index (χ1n) is 10.3. The Morgan fingerprint density at radius 2 is 1.06 bits per heavy atom. The number of hydrogen-bond acceptors (Lipinski definition) is 5. The van der Waals surface area contributed by atoms with Gasteiger partial charge in [-0.2, -0.15) is 0 Å². The van der Waals surface area contributed by atoms with Crippen LogP contribution in [0.25, 0.3) is 0 Å². The van der Waals surface area contributed by atoms with Crippen LogP contribution in [0.2, 0.25) is 0 Å². The third kappa shape index (κ3) is 5.57. The van der Waals surface area contributed by atoms with Gasteiger partial charge in [-0.3, -0.25) is 0 Å². The van der Waals surface area contributed by atoms with Gasteiger partial charge >= 0.3 is 11.9 Å². The summed E-state index contributed by atoms with van der Waals surface area (Å²) in [4.78, 5) is 25.3. The van der Waals surface area contributed by atoms with Gasteiger partial charge in [-0.05, 0) is 85.0 Å². The highest BCUT2D eigenvalue weighted by Crippen LogP contribution is 2.26. The number of aryl methyl sites for hydroxylation is 4. The average molecular weight is 421 g/mol. The summed E-state index contributed by atoms with van der Waals surface area (Å²) in [7, 11) is 0. The lowest BCUT2D eigenvalue weighted by Gasteiger charge is -2.20. The molecule has 0 aliphatic carbocycles. The van der Waals surface area contributed by atoms with Crippen LogP contribution >= 0.6 is 0 Å². The van der Waals surface area contributed by atoms with Crippen LogP contribution in [-0.4, -0.2) is 11.9 Å². The van der Waals surface area contributed by atoms with Crippen molar-refractivity contribution in [1.29, 1.82) is 0 Å². The molecule has 0 amide bonds. The van der Waals surface area contributed by atoms with Crippen LogP contribution in [0.15, 0.2) is 49.6 Å². The Labute approximate surface area is 184 Å². The maximum Gasteiger partial charge on any atom is 0.335 e. The van der Waals surface area contributed by atoms with Crippen molar-refractivity contribution in [3.63, 3.8) is 0 Å². The van der Waals surface area contributed by atoms with Crippen molar-refractivity contribution in [2.45, 2.75) is 52.6 Å². The van der Waals surface area contributed by atoms with Crippen molar-refractivity contribution in [1.82, 2.24) is 0 Å². The molecule has 0 aromatic heterocycles. The zero-order valence-electron chi connectivity index (χ0n) is 18.8. The summed E-state index contributed by atoms with van der Waals surface area (Å²) in [5.41, 5.74) is 19.3. The summed E-state index contributed by atoms with van der Waals surface area (Å²) in [5.74, 6) is -1.64. The maximum atomic E-state index is 12.7. The van der Waals surface area contributed by atoms with E-state index in [4.69, 9.17) is 16.2 Å². The lowest BCUT2D eigenvalue weighted by atomic mass is 9.92. The van der Waals surface area contributed by atoms with Crippen LogP contribution in [-0.2, 0) is 27.2 Å². The number of benzene rings is 2. The average Bonchev–Trinajstić information content (AvgIpc) is 2.67. The second-order valence-corrected chi connectivity index (χ2v) is 7.97. The molecule has 0 aliphatic heterocycles. The minimum absolute atomic E-state index is 0.653. The van der Waals surface area contributed by atoms with Crippen LogP contribution in [0, 0.1) is 27.7 Å². The molecule has 0 saturated carbocycles. The molecule has 0 fully saturated rings. The van der Waals surface area contributed by atoms with E-state index in [2.05, 4.69) is 13.2 Å². The molecule has 2 aromatic rings. The molecule has 5 nitrogen and oxygen atoms in total. The SMILES string of the molecule is C=CCc1cc(C)c(C(N)C(=O)OC(=O)C(N)c2c(C)cc(CC=C)cc2C)c(C)c1. The lowest BCUT2D eigenvalue weighted by molar-refractivity contribution is -0.161. The first kappa shape index (κ1) is 24.3. The summed E-state index contributed by atoms with van der Waals surface area (Å²) < 4.78 is 5.10. The molecule has 2 atom stereocenters. The van der Waals surface area contributed by atoms with E-state index >= 15 is 0 Å². The van der Waals surface area contributed by atoms with Gasteiger partial charge in [0, 0.05) is 0 Å². The van der Waals surface area contributed by atoms with Crippen molar-refractivity contribution in [2.75, 3.05) is 0 Å². The molecule has 2 rings (SSSR count). The highest BCUT2D eigenvalue weighted by Gasteiger charge is 2.28. The fourth-order valence-electron chi connectivity index (χ4n) is 4.14. The number of esters is 2. The summed E-state index contributed by atoms with van der Waals surface area (Å²) in [6.45, 7) is 15.0. The normalized spacial score (nSPS) is 12.7. The molecule has 164 valence electrons. The van der Waals surface area contributed by atoms with Gasteiger partial charge in [0.15, 0.2) is 0 Å². The molecule has 31 heavy (non-hydrogen) atoms. The van der Waals surface area contributed by atoms with Gasteiger partial charge in [0.25, 0.3) is 0 Å². The van der Waals surface area contributed by atoms with Gasteiger partial charge in [0.1, 0.15) is 12.1 Å². The van der Waals surface area contributed by atoms with Gasteiger partial charge < -0.3 is 16.2 Å². The summed E-state index contributed by atoms with van der Waals surface area (Å²) in [6.07, 6.45) is 5.07. The minimum atomic E-state index is -1.08. The number of carbonyl (C=O) groups excluding carboxylic acids is 2. The van der Waals surface area contributed by atoms with Crippen molar-refractivity contribution >= 4 is 11.9 Å². The number of ether oxygens (including phenoxy) is 1. The number of allylic oxidation sites excluding steroid dienone is 2. The molecular formula is C26H32N2O3. The van der Waals surface area contributed by atoms with Crippen molar-refractivity contribution in [2.24, 2.45) is 11.5 Å². The Hall–Kier alpha value is -3.02. The van der Waals surface area contributed by atoms with Crippen LogP contribution < -0.4 is 11.5 Å². The number of carbonyl (C=O) groups is 2. The van der Waals surface area contributed by atoms with Crippen LogP contribution in [0.3, 0.4) is 0 Å². The van der Waals surface area contributed by atoms with E-state index in [0.29, 0.717) is 11.1 Å². The number of rotatable bonds is 8. The summed E-state index contributed by atoms with van der Waals surface area (Å²) >= 11 is 0. The lowest BCUT2D eigenvalue weighted by Crippen LogP contribution is -2.32. The molecule has 5 heteroatoms.